The van der Waals surface area contributed by atoms with Gasteiger partial charge in [0.25, 0.3) is 0 Å². The van der Waals surface area contributed by atoms with Gasteiger partial charge in [0, 0.05) is 32.1 Å². The van der Waals surface area contributed by atoms with E-state index in [1.54, 1.807) is 29.5 Å². The third-order valence-electron chi connectivity index (χ3n) is 5.71. The van der Waals surface area contributed by atoms with E-state index < -0.39 is 35.2 Å². The fourth-order valence-corrected chi connectivity index (χ4v) is 4.52. The number of likely N-dealkylation sites (tertiary alicyclic amines) is 1. The largest absolute Gasteiger partial charge is 0.473 e. The number of hydrogen-bond donors (Lipinski definition) is 2. The Hall–Kier alpha value is -3.35. The molecule has 196 valence electrons. The molecule has 1 aromatic heterocycles. The lowest BCUT2D eigenvalue weighted by molar-refractivity contribution is -0.240. The maximum Gasteiger partial charge on any atom is 0.414 e. The summed E-state index contributed by atoms with van der Waals surface area (Å²) in [6.07, 6.45) is 1.72. The number of nitrogens with zero attached hydrogens (tertiary/aromatic N) is 2. The van der Waals surface area contributed by atoms with Crippen LogP contribution in [0, 0.1) is 5.82 Å². The minimum Gasteiger partial charge on any atom is -0.473 e. The number of hydrogen-bond acceptors (Lipinski definition) is 8. The molecule has 1 fully saturated rings. The Balaban J connectivity index is 0.000000678. The number of carboxylic acids is 2. The van der Waals surface area contributed by atoms with Crippen molar-refractivity contribution in [3.63, 3.8) is 0 Å². The number of carbonyl (C=O) groups is 4. The number of halogens is 1. The Labute approximate surface area is 211 Å². The first-order valence-electron chi connectivity index (χ1n) is 11.1. The first kappa shape index (κ1) is 28.9. The van der Waals surface area contributed by atoms with Crippen molar-refractivity contribution in [3.05, 3.63) is 58.0 Å². The Kier molecular flexibility index (Phi) is 11.0. The summed E-state index contributed by atoms with van der Waals surface area (Å²) in [5.74, 6) is -4.99. The fourth-order valence-electron chi connectivity index (χ4n) is 3.81. The molecule has 0 atom stereocenters. The minimum absolute atomic E-state index is 0.146. The highest BCUT2D eigenvalue weighted by atomic mass is 32.1. The van der Waals surface area contributed by atoms with Crippen molar-refractivity contribution < 1.29 is 43.4 Å². The van der Waals surface area contributed by atoms with Crippen LogP contribution in [0.5, 0.6) is 0 Å². The van der Waals surface area contributed by atoms with Crippen molar-refractivity contribution in [1.82, 2.24) is 9.96 Å². The van der Waals surface area contributed by atoms with Crippen molar-refractivity contribution >= 4 is 35.2 Å². The number of methoxy groups -OCH3 is 1. The van der Waals surface area contributed by atoms with Gasteiger partial charge in [-0.3, -0.25) is 9.63 Å². The molecule has 0 saturated carbocycles. The van der Waals surface area contributed by atoms with E-state index in [9.17, 15) is 14.0 Å². The lowest BCUT2D eigenvalue weighted by atomic mass is 9.86. The van der Waals surface area contributed by atoms with Crippen LogP contribution in [0.15, 0.2) is 41.1 Å². The van der Waals surface area contributed by atoms with Crippen LogP contribution < -0.4 is 0 Å². The van der Waals surface area contributed by atoms with Crippen LogP contribution in [-0.4, -0.2) is 76.3 Å². The summed E-state index contributed by atoms with van der Waals surface area (Å²) in [6, 6.07) is 8.32. The number of aliphatic carboxylic acids is 2. The Morgan fingerprint density at radius 2 is 1.75 bits per heavy atom. The van der Waals surface area contributed by atoms with Gasteiger partial charge in [-0.05, 0) is 47.7 Å². The zero-order valence-corrected chi connectivity index (χ0v) is 20.8. The number of hydroxylamine groups is 2. The van der Waals surface area contributed by atoms with Gasteiger partial charge in [0.2, 0.25) is 5.91 Å². The second-order valence-corrected chi connectivity index (χ2v) is 8.81. The van der Waals surface area contributed by atoms with Crippen LogP contribution in [-0.2, 0) is 41.8 Å². The quantitative estimate of drug-likeness (QED) is 0.304. The van der Waals surface area contributed by atoms with Crippen molar-refractivity contribution in [2.45, 2.75) is 38.3 Å². The molecule has 2 N–H and O–H groups in total. The number of benzene rings is 1. The molecule has 10 nitrogen and oxygen atoms in total. The highest BCUT2D eigenvalue weighted by Crippen LogP contribution is 2.32. The molecule has 3 rings (SSSR count). The number of amides is 1. The monoisotopic (exact) mass is 524 g/mol. The topological polar surface area (TPSA) is 134 Å². The maximum atomic E-state index is 14.0. The molecule has 0 bridgehead atoms. The highest BCUT2D eigenvalue weighted by Gasteiger charge is 2.50. The van der Waals surface area contributed by atoms with E-state index in [1.165, 1.54) is 25.7 Å². The van der Waals surface area contributed by atoms with Gasteiger partial charge in [-0.2, -0.15) is 11.3 Å². The molecule has 12 heteroatoms. The van der Waals surface area contributed by atoms with Gasteiger partial charge >= 0.3 is 17.9 Å². The number of ether oxygens (including phenoxy) is 1. The molecule has 0 radical (unpaired) electrons. The third kappa shape index (κ3) is 7.83. The van der Waals surface area contributed by atoms with Gasteiger partial charge in [0.15, 0.2) is 5.54 Å². The number of piperidine rings is 1. The second-order valence-electron chi connectivity index (χ2n) is 8.03. The Bertz CT molecular complexity index is 1030. The molecule has 0 aliphatic carbocycles. The molecule has 0 spiro atoms. The summed E-state index contributed by atoms with van der Waals surface area (Å²) < 4.78 is 19.0. The normalized spacial score (nSPS) is 14.8. The lowest BCUT2D eigenvalue weighted by Crippen LogP contribution is -2.61. The van der Waals surface area contributed by atoms with Crippen molar-refractivity contribution in [3.8, 4) is 0 Å². The highest BCUT2D eigenvalue weighted by molar-refractivity contribution is 7.07. The van der Waals surface area contributed by atoms with Gasteiger partial charge in [-0.15, -0.1) is 0 Å². The molecule has 36 heavy (non-hydrogen) atoms. The summed E-state index contributed by atoms with van der Waals surface area (Å²) in [5, 5.41) is 20.1. The first-order chi connectivity index (χ1) is 17.1. The molecular weight excluding hydrogens is 495 g/mol. The molecular formula is C24H29FN2O8S. The number of esters is 1. The predicted octanol–water partition coefficient (Wildman–Crippen LogP) is 2.57. The average Bonchev–Trinajstić information content (AvgIpc) is 3.38. The molecule has 2 aromatic rings. The molecule has 1 aliphatic heterocycles. The van der Waals surface area contributed by atoms with Gasteiger partial charge in [-0.25, -0.2) is 23.8 Å². The van der Waals surface area contributed by atoms with Crippen LogP contribution in [0.3, 0.4) is 0 Å². The van der Waals surface area contributed by atoms with E-state index in [0.717, 1.165) is 18.0 Å². The molecule has 1 amide bonds. The fraction of sp³-hybridized carbons (Fsp3) is 0.417. The molecule has 1 aliphatic rings. The maximum absolute atomic E-state index is 14.0. The van der Waals surface area contributed by atoms with Crippen LogP contribution >= 0.6 is 11.3 Å². The Morgan fingerprint density at radius 3 is 2.25 bits per heavy atom. The standard InChI is InChI=1S/C22H27FN2O4S.C2H2O4/c1-17(26)25(29-15-19-5-3-4-6-20(19)23)22(21(27)28-2)9-12-24(13-10-22)11-7-18-8-14-30-16-18;3-1(4)2(5)6/h3-6,8,14,16H,7,9-13,15H2,1-2H3;(H,3,4)(H,5,6). The summed E-state index contributed by atoms with van der Waals surface area (Å²) in [7, 11) is 1.31. The van der Waals surface area contributed by atoms with E-state index in [0.29, 0.717) is 31.5 Å². The average molecular weight is 525 g/mol. The zero-order valence-electron chi connectivity index (χ0n) is 20.0. The zero-order chi connectivity index (χ0) is 26.7. The first-order valence-corrected chi connectivity index (χ1v) is 12.0. The van der Waals surface area contributed by atoms with Crippen molar-refractivity contribution in [2.24, 2.45) is 0 Å². The number of carboxylic acid groups (broad SMARTS) is 2. The van der Waals surface area contributed by atoms with Gasteiger partial charge in [0.1, 0.15) is 12.4 Å². The summed E-state index contributed by atoms with van der Waals surface area (Å²) in [4.78, 5) is 51.4. The van der Waals surface area contributed by atoms with E-state index in [1.807, 2.05) is 0 Å². The Morgan fingerprint density at radius 1 is 1.11 bits per heavy atom. The van der Waals surface area contributed by atoms with Crippen molar-refractivity contribution in [1.29, 1.82) is 0 Å². The van der Waals surface area contributed by atoms with Crippen molar-refractivity contribution in [2.75, 3.05) is 26.7 Å². The summed E-state index contributed by atoms with van der Waals surface area (Å²) >= 11 is 1.68. The van der Waals surface area contributed by atoms with E-state index >= 15 is 0 Å². The second kappa shape index (κ2) is 13.7. The molecule has 2 heterocycles. The van der Waals surface area contributed by atoms with Gasteiger partial charge < -0.3 is 19.8 Å². The molecule has 0 unspecified atom stereocenters. The molecule has 1 saturated heterocycles. The van der Waals surface area contributed by atoms with Crippen LogP contribution in [0.25, 0.3) is 0 Å². The molecule has 1 aromatic carbocycles. The summed E-state index contributed by atoms with van der Waals surface area (Å²) in [6.45, 7) is 3.34. The van der Waals surface area contributed by atoms with E-state index in [-0.39, 0.29) is 6.61 Å². The number of thiophene rings is 1. The van der Waals surface area contributed by atoms with Crippen LogP contribution in [0.2, 0.25) is 0 Å². The number of carbonyl (C=O) groups excluding carboxylic acids is 2. The lowest BCUT2D eigenvalue weighted by Gasteiger charge is -2.45. The van der Waals surface area contributed by atoms with E-state index in [2.05, 4.69) is 21.7 Å². The predicted molar refractivity (Wildman–Crippen MR) is 127 cm³/mol. The summed E-state index contributed by atoms with van der Waals surface area (Å²) in [5.41, 5.74) is 0.394. The SMILES string of the molecule is COC(=O)C1(N(OCc2ccccc2F)C(C)=O)CCN(CCc2ccsc2)CC1.O=C(O)C(=O)O. The van der Waals surface area contributed by atoms with Crippen LogP contribution in [0.1, 0.15) is 30.9 Å². The van der Waals surface area contributed by atoms with Crippen LogP contribution in [0.4, 0.5) is 4.39 Å². The van der Waals surface area contributed by atoms with Gasteiger partial charge in [0.05, 0.1) is 7.11 Å². The van der Waals surface area contributed by atoms with E-state index in [4.69, 9.17) is 29.4 Å². The smallest absolute Gasteiger partial charge is 0.414 e. The number of rotatable bonds is 8. The third-order valence-corrected chi connectivity index (χ3v) is 6.44. The minimum atomic E-state index is -1.82. The van der Waals surface area contributed by atoms with Gasteiger partial charge in [-0.1, -0.05) is 18.2 Å².